The number of rotatable bonds is 28. The Balaban J connectivity index is 1.47. The molecule has 2 heterocycles. The molecule has 0 bridgehead atoms. The number of benzene rings is 2. The maximum absolute atomic E-state index is 14.8. The average Bonchev–Trinajstić information content (AvgIpc) is 4.00. The number of aliphatic hydroxyl groups excluding tert-OH is 2. The Labute approximate surface area is 470 Å². The minimum absolute atomic E-state index is 0.0495. The summed E-state index contributed by atoms with van der Waals surface area (Å²) in [7, 11) is 7.52. The predicted molar refractivity (Wildman–Crippen MR) is 294 cm³/mol. The molecule has 0 radical (unpaired) electrons. The first-order valence-corrected chi connectivity index (χ1v) is 27.3. The Hall–Kier alpha value is -6.51. The van der Waals surface area contributed by atoms with E-state index >= 15 is 0 Å². The van der Waals surface area contributed by atoms with Gasteiger partial charge in [-0.25, -0.2) is 9.59 Å². The van der Waals surface area contributed by atoms with Crippen molar-refractivity contribution < 1.29 is 77.3 Å². The minimum Gasteiger partial charge on any atom is -0.480 e. The van der Waals surface area contributed by atoms with Crippen LogP contribution in [0.5, 0.6) is 11.5 Å². The standard InChI is InChI=1S/C58H86N6O16/c1-15-27-77-42-29-39(79-57-49(67)48(66)35(8)51(80-57)56(72)73)25-24-38(42)31-78-58(74)63(12)46(33(5)6)54(70)61-45(32(3)4)55(71)62(11)47(34(7)16-2)43(75-13)30-44(65)64-26-20-23-41(64)50(76-14)36(9)52(68)60-40(53(69)59-10)28-37-21-18-17-19-22-37/h1,17-19,21-22,24-25,29,32-36,40-41,43,45-51,57,66-67H,16,20,23,26-28,30-31H2,2-14H3,(H,59,69)(H,60,68)(H,61,70)(H,72,73)/t34?,35-,36+,40?,41-,43+,45-,46-,47-,48-,49+,50+,51-,57?/m0/s1. The topological polar surface area (TPSA) is 281 Å². The number of carbonyl (C=O) groups excluding carboxylic acids is 6. The lowest BCUT2D eigenvalue weighted by Crippen LogP contribution is -2.60. The largest absolute Gasteiger partial charge is 0.480 e. The van der Waals surface area contributed by atoms with Gasteiger partial charge in [-0.2, -0.15) is 0 Å². The van der Waals surface area contributed by atoms with Gasteiger partial charge in [0.05, 0.1) is 42.7 Å². The molecule has 80 heavy (non-hydrogen) atoms. The van der Waals surface area contributed by atoms with Crippen molar-refractivity contribution in [1.29, 1.82) is 0 Å². The van der Waals surface area contributed by atoms with Crippen molar-refractivity contribution in [2.45, 2.75) is 161 Å². The first-order valence-electron chi connectivity index (χ1n) is 27.3. The molecule has 14 atom stereocenters. The third kappa shape index (κ3) is 16.8. The van der Waals surface area contributed by atoms with Crippen LogP contribution in [0.2, 0.25) is 0 Å². The SMILES string of the molecule is C#CCOc1cc(OC2O[C@H](C(=O)O)[C@@H](C)[C@H](O)[C@H]2O)ccc1COC(=O)N(C)[C@H](C(=O)N[C@H](C(=O)N(C)[C@@H](C(C)CC)[C@@H](CC(=O)N1CCC[C@H]1[C@H](OC)[C@@H](C)C(=O)NC(Cc1ccccc1)C(=O)NC)OC)C(C)C)C(C)C. The maximum atomic E-state index is 14.8. The number of aliphatic hydroxyl groups is 2. The number of ether oxygens (including phenoxy) is 6. The Morgan fingerprint density at radius 3 is 2.14 bits per heavy atom. The molecular formula is C58H86N6O16. The molecule has 4 rings (SSSR count). The molecule has 2 aliphatic rings. The second-order valence-corrected chi connectivity index (χ2v) is 21.5. The van der Waals surface area contributed by atoms with Gasteiger partial charge >= 0.3 is 12.1 Å². The second-order valence-electron chi connectivity index (χ2n) is 21.5. The zero-order valence-electron chi connectivity index (χ0n) is 48.6. The number of carboxylic acid groups (broad SMARTS) is 1. The summed E-state index contributed by atoms with van der Waals surface area (Å²) in [5, 5.41) is 39.2. The summed E-state index contributed by atoms with van der Waals surface area (Å²) in [6, 6.07) is 9.49. The van der Waals surface area contributed by atoms with Crippen molar-refractivity contribution in [3.05, 3.63) is 59.7 Å². The molecule has 2 aromatic carbocycles. The molecule has 22 heteroatoms. The number of carbonyl (C=O) groups is 7. The van der Waals surface area contributed by atoms with Gasteiger partial charge in [-0.3, -0.25) is 28.9 Å². The number of terminal acetylenes is 1. The Bertz CT molecular complexity index is 2440. The third-order valence-electron chi connectivity index (χ3n) is 15.4. The van der Waals surface area contributed by atoms with Gasteiger partial charge in [-0.05, 0) is 48.3 Å². The molecule has 22 nitrogen and oxygen atoms in total. The van der Waals surface area contributed by atoms with Crippen LogP contribution in [0.1, 0.15) is 92.2 Å². The van der Waals surface area contributed by atoms with Gasteiger partial charge in [0.15, 0.2) is 6.10 Å². The van der Waals surface area contributed by atoms with Gasteiger partial charge in [0.25, 0.3) is 0 Å². The molecule has 2 aliphatic heterocycles. The highest BCUT2D eigenvalue weighted by atomic mass is 16.7. The van der Waals surface area contributed by atoms with E-state index in [4.69, 9.17) is 34.8 Å². The van der Waals surface area contributed by atoms with E-state index in [-0.39, 0.29) is 55.3 Å². The minimum atomic E-state index is -1.59. The third-order valence-corrected chi connectivity index (χ3v) is 15.4. The van der Waals surface area contributed by atoms with Gasteiger partial charge in [-0.15, -0.1) is 6.42 Å². The van der Waals surface area contributed by atoms with Crippen molar-refractivity contribution in [2.24, 2.45) is 29.6 Å². The average molecular weight is 1120 g/mol. The van der Waals surface area contributed by atoms with Crippen LogP contribution in [0, 0.1) is 41.9 Å². The number of hydrogen-bond acceptors (Lipinski definition) is 15. The van der Waals surface area contributed by atoms with Crippen LogP contribution in [0.25, 0.3) is 0 Å². The summed E-state index contributed by atoms with van der Waals surface area (Å²) in [4.78, 5) is 100. The van der Waals surface area contributed by atoms with Crippen molar-refractivity contribution >= 4 is 41.6 Å². The number of likely N-dealkylation sites (N-methyl/N-ethyl adjacent to an activating group) is 3. The van der Waals surface area contributed by atoms with Crippen molar-refractivity contribution in [3.8, 4) is 23.8 Å². The van der Waals surface area contributed by atoms with E-state index in [0.717, 1.165) is 10.5 Å². The highest BCUT2D eigenvalue weighted by Gasteiger charge is 2.47. The summed E-state index contributed by atoms with van der Waals surface area (Å²) >= 11 is 0. The van der Waals surface area contributed by atoms with E-state index in [9.17, 15) is 48.9 Å². The number of hydrogen-bond donors (Lipinski definition) is 6. The van der Waals surface area contributed by atoms with Gasteiger partial charge < -0.3 is 69.5 Å². The summed E-state index contributed by atoms with van der Waals surface area (Å²) in [6.45, 7) is 14.0. The number of methoxy groups -OCH3 is 2. The molecule has 0 aromatic heterocycles. The molecule has 444 valence electrons. The summed E-state index contributed by atoms with van der Waals surface area (Å²) in [6.07, 6.45) is -0.998. The molecule has 6 amide bonds. The number of nitrogens with one attached hydrogen (secondary N) is 3. The Morgan fingerprint density at radius 2 is 1.56 bits per heavy atom. The lowest BCUT2D eigenvalue weighted by molar-refractivity contribution is -0.256. The molecule has 2 saturated heterocycles. The van der Waals surface area contributed by atoms with E-state index < -0.39 is 120 Å². The summed E-state index contributed by atoms with van der Waals surface area (Å²) < 4.78 is 34.7. The lowest BCUT2D eigenvalue weighted by atomic mass is 9.89. The van der Waals surface area contributed by atoms with Gasteiger partial charge in [-0.1, -0.05) is 98.1 Å². The van der Waals surface area contributed by atoms with Crippen molar-refractivity contribution in [1.82, 2.24) is 30.7 Å². The molecule has 2 fully saturated rings. The lowest BCUT2D eigenvalue weighted by Gasteiger charge is -2.41. The Kier molecular flexibility index (Phi) is 25.5. The summed E-state index contributed by atoms with van der Waals surface area (Å²) in [5.74, 6) is -3.66. The normalized spacial score (nSPS) is 22.0. The maximum Gasteiger partial charge on any atom is 0.410 e. The highest BCUT2D eigenvalue weighted by molar-refractivity contribution is 5.92. The molecule has 3 unspecified atom stereocenters. The van der Waals surface area contributed by atoms with Gasteiger partial charge in [0.1, 0.15) is 48.9 Å². The van der Waals surface area contributed by atoms with Crippen LogP contribution in [-0.4, -0.2) is 187 Å². The second kappa shape index (κ2) is 30.9. The van der Waals surface area contributed by atoms with E-state index in [1.54, 1.807) is 46.6 Å². The molecule has 0 saturated carbocycles. The van der Waals surface area contributed by atoms with Gasteiger partial charge in [0.2, 0.25) is 35.8 Å². The number of amides is 6. The van der Waals surface area contributed by atoms with Crippen LogP contribution in [0.3, 0.4) is 0 Å². The zero-order chi connectivity index (χ0) is 59.7. The Morgan fingerprint density at radius 1 is 0.887 bits per heavy atom. The summed E-state index contributed by atoms with van der Waals surface area (Å²) in [5.41, 5.74) is 1.20. The van der Waals surface area contributed by atoms with E-state index in [1.807, 2.05) is 44.2 Å². The first-order chi connectivity index (χ1) is 37.9. The number of carboxylic acids is 1. The fourth-order valence-corrected chi connectivity index (χ4v) is 10.6. The van der Waals surface area contributed by atoms with Crippen LogP contribution < -0.4 is 25.4 Å². The van der Waals surface area contributed by atoms with Crippen molar-refractivity contribution in [2.75, 3.05) is 48.5 Å². The molecule has 0 spiro atoms. The van der Waals surface area contributed by atoms with E-state index in [0.29, 0.717) is 31.4 Å². The molecule has 2 aromatic rings. The number of aliphatic carboxylic acids is 1. The monoisotopic (exact) mass is 1120 g/mol. The zero-order valence-corrected chi connectivity index (χ0v) is 48.6. The van der Waals surface area contributed by atoms with Crippen LogP contribution in [0.15, 0.2) is 48.5 Å². The predicted octanol–water partition coefficient (Wildman–Crippen LogP) is 3.37. The smallest absolute Gasteiger partial charge is 0.410 e. The quantitative estimate of drug-likeness (QED) is 0.0667. The number of nitrogens with zero attached hydrogens (tertiary/aromatic N) is 3. The van der Waals surface area contributed by atoms with Crippen molar-refractivity contribution in [3.63, 3.8) is 0 Å². The highest BCUT2D eigenvalue weighted by Crippen LogP contribution is 2.33. The van der Waals surface area contributed by atoms with Crippen LogP contribution in [0.4, 0.5) is 4.79 Å². The molecule has 0 aliphatic carbocycles. The fourth-order valence-electron chi connectivity index (χ4n) is 10.6. The van der Waals surface area contributed by atoms with Crippen LogP contribution >= 0.6 is 0 Å². The van der Waals surface area contributed by atoms with E-state index in [2.05, 4.69) is 21.9 Å². The first kappa shape index (κ1) is 66.0. The number of likely N-dealkylation sites (tertiary alicyclic amines) is 1. The fraction of sp³-hybridized carbons (Fsp3) is 0.638. The van der Waals surface area contributed by atoms with Crippen LogP contribution in [-0.2, 0) is 60.7 Å². The molecular weight excluding hydrogens is 1040 g/mol. The molecule has 6 N–H and O–H groups in total. The van der Waals surface area contributed by atoms with Gasteiger partial charge in [0, 0.05) is 65.9 Å². The van der Waals surface area contributed by atoms with E-state index in [1.165, 1.54) is 58.3 Å².